The first-order valence-electron chi connectivity index (χ1n) is 6.10. The van der Waals surface area contributed by atoms with E-state index in [9.17, 15) is 4.79 Å². The fourth-order valence-corrected chi connectivity index (χ4v) is 1.79. The number of aryl methyl sites for hydroxylation is 2. The predicted octanol–water partition coefficient (Wildman–Crippen LogP) is 3.72. The van der Waals surface area contributed by atoms with Crippen LogP contribution in [-0.4, -0.2) is 11.1 Å². The molecule has 0 saturated carbocycles. The smallest absolute Gasteiger partial charge is 0.307 e. The van der Waals surface area contributed by atoms with Crippen molar-refractivity contribution in [2.45, 2.75) is 20.3 Å². The molecular weight excluding hydrogens is 240 g/mol. The zero-order valence-corrected chi connectivity index (χ0v) is 11.0. The van der Waals surface area contributed by atoms with E-state index in [0.29, 0.717) is 5.75 Å². The standard InChI is InChI=1S/C16H16O3/c1-11-3-4-12(2)15(9-11)19-14-7-5-13(6-8-14)10-16(17)18/h3-9H,10H2,1-2H3,(H,17,18). The highest BCUT2D eigenvalue weighted by Gasteiger charge is 2.04. The van der Waals surface area contributed by atoms with Crippen LogP contribution in [0.25, 0.3) is 0 Å². The van der Waals surface area contributed by atoms with Crippen LogP contribution in [0.2, 0.25) is 0 Å². The van der Waals surface area contributed by atoms with E-state index in [0.717, 1.165) is 22.4 Å². The number of carboxylic acid groups (broad SMARTS) is 1. The van der Waals surface area contributed by atoms with Gasteiger partial charge in [0.15, 0.2) is 0 Å². The summed E-state index contributed by atoms with van der Waals surface area (Å²) in [5.74, 6) is 0.706. The molecule has 0 bridgehead atoms. The second-order valence-corrected chi connectivity index (χ2v) is 4.59. The molecule has 0 heterocycles. The molecule has 0 radical (unpaired) electrons. The summed E-state index contributed by atoms with van der Waals surface area (Å²) in [4.78, 5) is 10.6. The molecule has 0 unspecified atom stereocenters. The van der Waals surface area contributed by atoms with E-state index in [1.165, 1.54) is 0 Å². The average Bonchev–Trinajstić information content (AvgIpc) is 2.35. The molecule has 2 rings (SSSR count). The Kier molecular flexibility index (Phi) is 3.85. The quantitative estimate of drug-likeness (QED) is 0.906. The highest BCUT2D eigenvalue weighted by atomic mass is 16.5. The van der Waals surface area contributed by atoms with Gasteiger partial charge >= 0.3 is 5.97 Å². The number of hydrogen-bond donors (Lipinski definition) is 1. The number of carboxylic acids is 1. The van der Waals surface area contributed by atoms with Crippen molar-refractivity contribution in [3.63, 3.8) is 0 Å². The summed E-state index contributed by atoms with van der Waals surface area (Å²) in [6.07, 6.45) is 0.0315. The monoisotopic (exact) mass is 256 g/mol. The van der Waals surface area contributed by atoms with Gasteiger partial charge in [0.1, 0.15) is 11.5 Å². The lowest BCUT2D eigenvalue weighted by Gasteiger charge is -2.10. The summed E-state index contributed by atoms with van der Waals surface area (Å²) in [6.45, 7) is 4.01. The van der Waals surface area contributed by atoms with Crippen molar-refractivity contribution in [3.05, 3.63) is 59.2 Å². The van der Waals surface area contributed by atoms with Crippen molar-refractivity contribution in [1.82, 2.24) is 0 Å². The van der Waals surface area contributed by atoms with Gasteiger partial charge < -0.3 is 9.84 Å². The number of ether oxygens (including phenoxy) is 1. The fraction of sp³-hybridized carbons (Fsp3) is 0.188. The summed E-state index contributed by atoms with van der Waals surface area (Å²) in [6, 6.07) is 13.2. The minimum absolute atomic E-state index is 0.0315. The highest BCUT2D eigenvalue weighted by molar-refractivity contribution is 5.70. The van der Waals surface area contributed by atoms with Crippen LogP contribution in [0.4, 0.5) is 0 Å². The van der Waals surface area contributed by atoms with Gasteiger partial charge in [0, 0.05) is 0 Å². The second kappa shape index (κ2) is 5.57. The van der Waals surface area contributed by atoms with Crippen LogP contribution >= 0.6 is 0 Å². The molecule has 19 heavy (non-hydrogen) atoms. The molecule has 0 aromatic heterocycles. The lowest BCUT2D eigenvalue weighted by atomic mass is 10.1. The number of benzene rings is 2. The Morgan fingerprint density at radius 1 is 1.11 bits per heavy atom. The van der Waals surface area contributed by atoms with E-state index < -0.39 is 5.97 Å². The van der Waals surface area contributed by atoms with Crippen molar-refractivity contribution in [2.75, 3.05) is 0 Å². The first-order chi connectivity index (χ1) is 9.04. The van der Waals surface area contributed by atoms with E-state index in [2.05, 4.69) is 0 Å². The molecule has 2 aromatic rings. The van der Waals surface area contributed by atoms with E-state index in [1.54, 1.807) is 24.3 Å². The minimum Gasteiger partial charge on any atom is -0.481 e. The van der Waals surface area contributed by atoms with Crippen LogP contribution in [0, 0.1) is 13.8 Å². The van der Waals surface area contributed by atoms with E-state index in [4.69, 9.17) is 9.84 Å². The van der Waals surface area contributed by atoms with Gasteiger partial charge in [-0.3, -0.25) is 4.79 Å². The maximum atomic E-state index is 10.6. The van der Waals surface area contributed by atoms with Crippen molar-refractivity contribution >= 4 is 5.97 Å². The Morgan fingerprint density at radius 3 is 2.42 bits per heavy atom. The molecule has 0 fully saturated rings. The summed E-state index contributed by atoms with van der Waals surface area (Å²) in [7, 11) is 0. The van der Waals surface area contributed by atoms with Gasteiger partial charge in [-0.1, -0.05) is 24.3 Å². The highest BCUT2D eigenvalue weighted by Crippen LogP contribution is 2.26. The third kappa shape index (κ3) is 3.58. The molecule has 2 aromatic carbocycles. The largest absolute Gasteiger partial charge is 0.481 e. The second-order valence-electron chi connectivity index (χ2n) is 4.59. The molecule has 0 amide bonds. The molecule has 0 aliphatic heterocycles. The van der Waals surface area contributed by atoms with Gasteiger partial charge in [0.05, 0.1) is 6.42 Å². The van der Waals surface area contributed by atoms with Crippen molar-refractivity contribution in [1.29, 1.82) is 0 Å². The van der Waals surface area contributed by atoms with E-state index in [-0.39, 0.29) is 6.42 Å². The predicted molar refractivity (Wildman–Crippen MR) is 73.8 cm³/mol. The number of rotatable bonds is 4. The van der Waals surface area contributed by atoms with E-state index in [1.807, 2.05) is 32.0 Å². The third-order valence-electron chi connectivity index (χ3n) is 2.85. The minimum atomic E-state index is -0.830. The Labute approximate surface area is 112 Å². The molecule has 0 aliphatic carbocycles. The van der Waals surface area contributed by atoms with Crippen LogP contribution in [0.15, 0.2) is 42.5 Å². The summed E-state index contributed by atoms with van der Waals surface area (Å²) >= 11 is 0. The molecule has 0 saturated heterocycles. The first kappa shape index (κ1) is 13.1. The molecule has 0 atom stereocenters. The Morgan fingerprint density at radius 2 is 1.79 bits per heavy atom. The fourth-order valence-electron chi connectivity index (χ4n) is 1.79. The van der Waals surface area contributed by atoms with Gasteiger partial charge in [-0.25, -0.2) is 0 Å². The summed E-state index contributed by atoms with van der Waals surface area (Å²) in [5.41, 5.74) is 2.98. The maximum absolute atomic E-state index is 10.6. The van der Waals surface area contributed by atoms with Crippen molar-refractivity contribution in [3.8, 4) is 11.5 Å². The molecule has 98 valence electrons. The lowest BCUT2D eigenvalue weighted by Crippen LogP contribution is -1.99. The number of hydrogen-bond acceptors (Lipinski definition) is 2. The average molecular weight is 256 g/mol. The van der Waals surface area contributed by atoms with Gasteiger partial charge in [-0.2, -0.15) is 0 Å². The molecule has 1 N–H and O–H groups in total. The maximum Gasteiger partial charge on any atom is 0.307 e. The SMILES string of the molecule is Cc1ccc(C)c(Oc2ccc(CC(=O)O)cc2)c1. The third-order valence-corrected chi connectivity index (χ3v) is 2.85. The molecule has 3 heteroatoms. The Bertz CT molecular complexity index is 585. The van der Waals surface area contributed by atoms with Crippen LogP contribution in [0.1, 0.15) is 16.7 Å². The summed E-state index contributed by atoms with van der Waals surface area (Å²) < 4.78 is 5.80. The van der Waals surface area contributed by atoms with Gasteiger partial charge in [0.25, 0.3) is 0 Å². The van der Waals surface area contributed by atoms with Crippen LogP contribution in [0.3, 0.4) is 0 Å². The van der Waals surface area contributed by atoms with Gasteiger partial charge in [-0.05, 0) is 48.7 Å². The Balaban J connectivity index is 2.15. The molecule has 0 spiro atoms. The Hall–Kier alpha value is -2.29. The topological polar surface area (TPSA) is 46.5 Å². The van der Waals surface area contributed by atoms with Crippen molar-refractivity contribution < 1.29 is 14.6 Å². The van der Waals surface area contributed by atoms with Crippen molar-refractivity contribution in [2.24, 2.45) is 0 Å². The molecule has 3 nitrogen and oxygen atoms in total. The molecular formula is C16H16O3. The van der Waals surface area contributed by atoms with E-state index >= 15 is 0 Å². The molecule has 0 aliphatic rings. The van der Waals surface area contributed by atoms with Crippen LogP contribution < -0.4 is 4.74 Å². The zero-order chi connectivity index (χ0) is 13.8. The number of aliphatic carboxylic acids is 1. The van der Waals surface area contributed by atoms with Gasteiger partial charge in [0.2, 0.25) is 0 Å². The van der Waals surface area contributed by atoms with Crippen LogP contribution in [0.5, 0.6) is 11.5 Å². The number of carbonyl (C=O) groups is 1. The lowest BCUT2D eigenvalue weighted by molar-refractivity contribution is -0.136. The summed E-state index contributed by atoms with van der Waals surface area (Å²) in [5, 5.41) is 8.71. The zero-order valence-electron chi connectivity index (χ0n) is 11.0. The van der Waals surface area contributed by atoms with Crippen LogP contribution in [-0.2, 0) is 11.2 Å². The van der Waals surface area contributed by atoms with Gasteiger partial charge in [-0.15, -0.1) is 0 Å². The normalized spacial score (nSPS) is 10.2. The first-order valence-corrected chi connectivity index (χ1v) is 6.10.